The number of nitrogens with zero attached hydrogens (tertiary/aromatic N) is 3. The molecule has 36 heavy (non-hydrogen) atoms. The Labute approximate surface area is 207 Å². The molecule has 0 saturated carbocycles. The van der Waals surface area contributed by atoms with Gasteiger partial charge in [0.25, 0.3) is 0 Å². The third-order valence-electron chi connectivity index (χ3n) is 5.39. The maximum atomic E-state index is 13.0. The van der Waals surface area contributed by atoms with E-state index >= 15 is 0 Å². The van der Waals surface area contributed by atoms with E-state index in [2.05, 4.69) is 9.97 Å². The van der Waals surface area contributed by atoms with E-state index in [4.69, 9.17) is 23.7 Å². The van der Waals surface area contributed by atoms with E-state index in [1.54, 1.807) is 57.6 Å². The molecule has 0 bridgehead atoms. The number of anilines is 1. The van der Waals surface area contributed by atoms with Gasteiger partial charge in [-0.25, -0.2) is 13.8 Å². The summed E-state index contributed by atoms with van der Waals surface area (Å²) in [5.41, 5.74) is 1.16. The highest BCUT2D eigenvalue weighted by atomic mass is 19.3. The molecule has 0 radical (unpaired) electrons. The van der Waals surface area contributed by atoms with Crippen molar-refractivity contribution in [1.82, 2.24) is 9.97 Å². The maximum absolute atomic E-state index is 13.0. The first-order chi connectivity index (χ1) is 17.3. The van der Waals surface area contributed by atoms with E-state index in [9.17, 15) is 13.6 Å². The molecule has 1 heterocycles. The highest BCUT2D eigenvalue weighted by Gasteiger charge is 2.25. The van der Waals surface area contributed by atoms with Gasteiger partial charge in [-0.05, 0) is 24.3 Å². The van der Waals surface area contributed by atoms with Crippen molar-refractivity contribution >= 4 is 11.7 Å². The van der Waals surface area contributed by atoms with Gasteiger partial charge in [-0.1, -0.05) is 0 Å². The van der Waals surface area contributed by atoms with Crippen LogP contribution in [0.2, 0.25) is 0 Å². The fraction of sp³-hybridized carbons (Fsp3) is 0.320. The first kappa shape index (κ1) is 26.5. The van der Waals surface area contributed by atoms with E-state index in [0.717, 1.165) is 17.3 Å². The third-order valence-corrected chi connectivity index (χ3v) is 5.39. The summed E-state index contributed by atoms with van der Waals surface area (Å²) in [6.07, 6.45) is -2.17. The second-order valence-electron chi connectivity index (χ2n) is 7.47. The summed E-state index contributed by atoms with van der Waals surface area (Å²) in [4.78, 5) is 22.2. The molecule has 3 aromatic rings. The molecule has 0 amide bonds. The number of Topliss-reactive ketones (excluding diaryl/α,β-unsaturated/α-hetero) is 1. The third kappa shape index (κ3) is 5.91. The molecule has 192 valence electrons. The number of benzene rings is 2. The molecule has 0 atom stereocenters. The number of methoxy groups -OCH3 is 5. The number of aromatic nitrogens is 2. The predicted octanol–water partition coefficient (Wildman–Crippen LogP) is 4.17. The van der Waals surface area contributed by atoms with Crippen LogP contribution in [0.15, 0.2) is 42.6 Å². The fourth-order valence-electron chi connectivity index (χ4n) is 3.53. The number of ether oxygens (including phenoxy) is 5. The van der Waals surface area contributed by atoms with Crippen molar-refractivity contribution in [2.24, 2.45) is 0 Å². The monoisotopic (exact) mass is 503 g/mol. The van der Waals surface area contributed by atoms with E-state index in [1.807, 2.05) is 12.1 Å². The highest BCUT2D eigenvalue weighted by Crippen LogP contribution is 2.31. The van der Waals surface area contributed by atoms with Crippen molar-refractivity contribution in [2.75, 3.05) is 40.4 Å². The number of ketones is 1. The van der Waals surface area contributed by atoms with Crippen LogP contribution in [-0.2, 0) is 13.1 Å². The van der Waals surface area contributed by atoms with Crippen LogP contribution in [0.4, 0.5) is 14.7 Å². The molecule has 9 nitrogen and oxygen atoms in total. The number of carbonyl (C=O) groups is 1. The molecule has 0 aliphatic carbocycles. The Bertz CT molecular complexity index is 1150. The lowest BCUT2D eigenvalue weighted by molar-refractivity contribution is 0.0674. The van der Waals surface area contributed by atoms with Crippen molar-refractivity contribution in [2.45, 2.75) is 19.5 Å². The largest absolute Gasteiger partial charge is 0.497 e. The van der Waals surface area contributed by atoms with E-state index in [-0.39, 0.29) is 24.9 Å². The molecule has 0 fully saturated rings. The van der Waals surface area contributed by atoms with Crippen LogP contribution in [0.25, 0.3) is 0 Å². The van der Waals surface area contributed by atoms with Crippen molar-refractivity contribution in [3.05, 3.63) is 59.3 Å². The summed E-state index contributed by atoms with van der Waals surface area (Å²) in [6, 6.07) is 10.7. The summed E-state index contributed by atoms with van der Waals surface area (Å²) in [7, 11) is 7.44. The molecule has 0 unspecified atom stereocenters. The Balaban J connectivity index is 2.08. The number of alkyl halides is 2. The van der Waals surface area contributed by atoms with Crippen LogP contribution in [0.3, 0.4) is 0 Å². The number of halogens is 2. The smallest absolute Gasteiger partial charge is 0.300 e. The van der Waals surface area contributed by atoms with Gasteiger partial charge < -0.3 is 28.6 Å². The van der Waals surface area contributed by atoms with Gasteiger partial charge in [0, 0.05) is 42.5 Å². The van der Waals surface area contributed by atoms with Crippen molar-refractivity contribution in [1.29, 1.82) is 0 Å². The van der Waals surface area contributed by atoms with Gasteiger partial charge in [-0.2, -0.15) is 4.98 Å². The van der Waals surface area contributed by atoms with Crippen LogP contribution in [-0.4, -0.2) is 57.7 Å². The number of hydrogen-bond donors (Lipinski definition) is 0. The Morgan fingerprint density at radius 3 is 1.78 bits per heavy atom. The fourth-order valence-corrected chi connectivity index (χ4v) is 3.53. The van der Waals surface area contributed by atoms with Crippen LogP contribution >= 0.6 is 0 Å². The van der Waals surface area contributed by atoms with E-state index < -0.39 is 17.8 Å². The van der Waals surface area contributed by atoms with Crippen LogP contribution in [0.1, 0.15) is 21.5 Å². The van der Waals surface area contributed by atoms with Crippen molar-refractivity contribution < 1.29 is 37.3 Å². The Kier molecular flexibility index (Phi) is 8.82. The minimum atomic E-state index is -3.21. The molecule has 1 aromatic heterocycles. The maximum Gasteiger partial charge on any atom is 0.300 e. The number of carbonyl (C=O) groups excluding carboxylic acids is 1. The lowest BCUT2D eigenvalue weighted by Gasteiger charge is -2.25. The molecule has 0 saturated heterocycles. The van der Waals surface area contributed by atoms with Crippen molar-refractivity contribution in [3.8, 4) is 28.9 Å². The topological polar surface area (TPSA) is 92.2 Å². The SMILES string of the molecule is COc1ccc(CN(Cc2ccc(OC)cc2OC)c2ncc(C(=O)C(F)F)c(OC)n2)c(OC)c1. The Morgan fingerprint density at radius 1 is 0.833 bits per heavy atom. The molecular formula is C25H27F2N3O6. The quantitative estimate of drug-likeness (QED) is 0.338. The summed E-state index contributed by atoms with van der Waals surface area (Å²) in [5.74, 6) is 0.847. The summed E-state index contributed by atoms with van der Waals surface area (Å²) >= 11 is 0. The Hall–Kier alpha value is -4.15. The predicted molar refractivity (Wildman–Crippen MR) is 128 cm³/mol. The van der Waals surface area contributed by atoms with Crippen LogP contribution in [0, 0.1) is 0 Å². The first-order valence-corrected chi connectivity index (χ1v) is 10.7. The minimum Gasteiger partial charge on any atom is -0.497 e. The molecule has 0 aliphatic heterocycles. The lowest BCUT2D eigenvalue weighted by Crippen LogP contribution is -2.26. The van der Waals surface area contributed by atoms with Gasteiger partial charge in [0.1, 0.15) is 28.6 Å². The zero-order chi connectivity index (χ0) is 26.2. The van der Waals surface area contributed by atoms with E-state index in [0.29, 0.717) is 23.0 Å². The van der Waals surface area contributed by atoms with Gasteiger partial charge in [0.15, 0.2) is 0 Å². The highest BCUT2D eigenvalue weighted by molar-refractivity contribution is 6.00. The number of rotatable bonds is 12. The molecule has 0 aliphatic rings. The van der Waals surface area contributed by atoms with E-state index in [1.165, 1.54) is 7.11 Å². The van der Waals surface area contributed by atoms with Gasteiger partial charge in [0.2, 0.25) is 17.6 Å². The molecule has 3 rings (SSSR count). The van der Waals surface area contributed by atoms with Gasteiger partial charge in [-0.15, -0.1) is 0 Å². The molecule has 0 N–H and O–H groups in total. The van der Waals surface area contributed by atoms with Gasteiger partial charge >= 0.3 is 6.43 Å². The molecule has 11 heteroatoms. The zero-order valence-electron chi connectivity index (χ0n) is 20.6. The average Bonchev–Trinajstić information content (AvgIpc) is 2.91. The van der Waals surface area contributed by atoms with Crippen molar-refractivity contribution in [3.63, 3.8) is 0 Å². The van der Waals surface area contributed by atoms with Gasteiger partial charge in [0.05, 0.1) is 35.5 Å². The summed E-state index contributed by atoms with van der Waals surface area (Å²) in [5, 5.41) is 0. The van der Waals surface area contributed by atoms with Crippen LogP contribution < -0.4 is 28.6 Å². The summed E-state index contributed by atoms with van der Waals surface area (Å²) < 4.78 is 52.8. The molecule has 0 spiro atoms. The minimum absolute atomic E-state index is 0.147. The summed E-state index contributed by atoms with van der Waals surface area (Å²) in [6.45, 7) is 0.515. The molecule has 2 aromatic carbocycles. The second kappa shape index (κ2) is 12.0. The second-order valence-corrected chi connectivity index (χ2v) is 7.47. The first-order valence-electron chi connectivity index (χ1n) is 10.7. The lowest BCUT2D eigenvalue weighted by atomic mass is 10.1. The normalized spacial score (nSPS) is 10.7. The average molecular weight is 504 g/mol. The Morgan fingerprint density at radius 2 is 1.36 bits per heavy atom. The van der Waals surface area contributed by atoms with Gasteiger partial charge in [-0.3, -0.25) is 4.79 Å². The number of hydrogen-bond acceptors (Lipinski definition) is 9. The molecular weight excluding hydrogens is 476 g/mol. The standard InChI is InChI=1S/C25H27F2N3O6/c1-32-17-8-6-15(20(10-17)34-3)13-30(14-16-7-9-18(33-2)11-21(16)35-4)25-28-12-19(22(31)23(26)27)24(29-25)36-5/h6-12,23H,13-14H2,1-5H3. The van der Waals surface area contributed by atoms with Crippen LogP contribution in [0.5, 0.6) is 28.9 Å². The zero-order valence-corrected chi connectivity index (χ0v) is 20.6.